The van der Waals surface area contributed by atoms with E-state index < -0.39 is 5.97 Å². The fraction of sp³-hybridized carbons (Fsp3) is 0.200. The Morgan fingerprint density at radius 1 is 1.10 bits per heavy atom. The van der Waals surface area contributed by atoms with Crippen LogP contribution in [0.15, 0.2) is 48.5 Å². The zero-order valence-corrected chi connectivity index (χ0v) is 17.0. The van der Waals surface area contributed by atoms with E-state index in [-0.39, 0.29) is 17.5 Å². The first-order valence-corrected chi connectivity index (χ1v) is 9.50. The van der Waals surface area contributed by atoms with E-state index in [4.69, 9.17) is 9.47 Å². The van der Waals surface area contributed by atoms with Gasteiger partial charge in [-0.15, -0.1) is 10.2 Å². The highest BCUT2D eigenvalue weighted by Gasteiger charge is 2.15. The van der Waals surface area contributed by atoms with Gasteiger partial charge in [0.05, 0.1) is 12.7 Å². The molecule has 1 N–H and O–H groups in total. The first kappa shape index (κ1) is 20.3. The lowest BCUT2D eigenvalue weighted by atomic mass is 10.2. The molecule has 0 fully saturated rings. The SMILES string of the molecule is COc1ccc(NC(=O)c2nnc(COC(=O)c3cccc(N(C)C)c3)s2)cc1. The molecule has 0 spiro atoms. The summed E-state index contributed by atoms with van der Waals surface area (Å²) in [6, 6.07) is 14.1. The van der Waals surface area contributed by atoms with Crippen LogP contribution >= 0.6 is 11.3 Å². The van der Waals surface area contributed by atoms with Gasteiger partial charge in [0.2, 0.25) is 5.01 Å². The van der Waals surface area contributed by atoms with Gasteiger partial charge in [0.1, 0.15) is 12.4 Å². The van der Waals surface area contributed by atoms with Gasteiger partial charge in [0.15, 0.2) is 5.01 Å². The number of carbonyl (C=O) groups excluding carboxylic acids is 2. The summed E-state index contributed by atoms with van der Waals surface area (Å²) in [7, 11) is 5.36. The normalized spacial score (nSPS) is 10.3. The van der Waals surface area contributed by atoms with Crippen LogP contribution in [-0.4, -0.2) is 43.3 Å². The molecular formula is C20H20N4O4S. The largest absolute Gasteiger partial charge is 0.497 e. The summed E-state index contributed by atoms with van der Waals surface area (Å²) >= 11 is 1.07. The van der Waals surface area contributed by atoms with Crippen LogP contribution in [0, 0.1) is 0 Å². The van der Waals surface area contributed by atoms with Gasteiger partial charge >= 0.3 is 5.97 Å². The number of hydrogen-bond acceptors (Lipinski definition) is 8. The fourth-order valence-electron chi connectivity index (χ4n) is 2.38. The molecule has 1 aromatic heterocycles. The van der Waals surface area contributed by atoms with Crippen molar-refractivity contribution in [1.29, 1.82) is 0 Å². The van der Waals surface area contributed by atoms with E-state index in [1.807, 2.05) is 25.1 Å². The number of ether oxygens (including phenoxy) is 2. The summed E-state index contributed by atoms with van der Waals surface area (Å²) in [6.45, 7) is -0.0570. The molecule has 0 bridgehead atoms. The van der Waals surface area contributed by atoms with E-state index in [1.54, 1.807) is 49.6 Å². The number of hydrogen-bond donors (Lipinski definition) is 1. The van der Waals surface area contributed by atoms with Gasteiger partial charge in [-0.3, -0.25) is 4.79 Å². The molecule has 9 heteroatoms. The maximum Gasteiger partial charge on any atom is 0.338 e. The van der Waals surface area contributed by atoms with Crippen molar-refractivity contribution in [3.63, 3.8) is 0 Å². The molecule has 0 aliphatic heterocycles. The van der Waals surface area contributed by atoms with E-state index >= 15 is 0 Å². The average molecular weight is 412 g/mol. The Balaban J connectivity index is 1.57. The van der Waals surface area contributed by atoms with Crippen LogP contribution in [-0.2, 0) is 11.3 Å². The average Bonchev–Trinajstić information content (AvgIpc) is 3.22. The van der Waals surface area contributed by atoms with Gasteiger partial charge in [-0.05, 0) is 42.5 Å². The Morgan fingerprint density at radius 2 is 1.86 bits per heavy atom. The highest BCUT2D eigenvalue weighted by Crippen LogP contribution is 2.18. The lowest BCUT2D eigenvalue weighted by Gasteiger charge is -2.13. The van der Waals surface area contributed by atoms with Crippen LogP contribution in [0.3, 0.4) is 0 Å². The van der Waals surface area contributed by atoms with Crippen molar-refractivity contribution in [3.05, 3.63) is 64.1 Å². The zero-order chi connectivity index (χ0) is 20.8. The van der Waals surface area contributed by atoms with Crippen molar-refractivity contribution in [2.75, 3.05) is 31.4 Å². The maximum atomic E-state index is 12.3. The van der Waals surface area contributed by atoms with Crippen LogP contribution in [0.4, 0.5) is 11.4 Å². The molecule has 8 nitrogen and oxygen atoms in total. The molecular weight excluding hydrogens is 392 g/mol. The number of aromatic nitrogens is 2. The molecule has 1 heterocycles. The number of anilines is 2. The summed E-state index contributed by atoms with van der Waals surface area (Å²) in [6.07, 6.45) is 0. The number of methoxy groups -OCH3 is 1. The van der Waals surface area contributed by atoms with E-state index in [2.05, 4.69) is 15.5 Å². The van der Waals surface area contributed by atoms with E-state index in [1.165, 1.54) is 0 Å². The topological polar surface area (TPSA) is 93.6 Å². The number of benzene rings is 2. The predicted octanol–water partition coefficient (Wildman–Crippen LogP) is 3.22. The minimum atomic E-state index is -0.465. The summed E-state index contributed by atoms with van der Waals surface area (Å²) in [5.41, 5.74) is 1.95. The Hall–Kier alpha value is -3.46. The number of nitrogens with one attached hydrogen (secondary N) is 1. The number of carbonyl (C=O) groups is 2. The van der Waals surface area contributed by atoms with Crippen LogP contribution in [0.25, 0.3) is 0 Å². The molecule has 0 radical (unpaired) electrons. The Bertz CT molecular complexity index is 1000. The highest BCUT2D eigenvalue weighted by molar-refractivity contribution is 7.13. The molecule has 0 unspecified atom stereocenters. The van der Waals surface area contributed by atoms with Gasteiger partial charge in [0.25, 0.3) is 5.91 Å². The highest BCUT2D eigenvalue weighted by atomic mass is 32.1. The van der Waals surface area contributed by atoms with Crippen molar-refractivity contribution in [2.24, 2.45) is 0 Å². The second-order valence-corrected chi connectivity index (χ2v) is 7.27. The third-order valence-electron chi connectivity index (χ3n) is 3.93. The van der Waals surface area contributed by atoms with E-state index in [0.29, 0.717) is 22.0 Å². The van der Waals surface area contributed by atoms with Crippen molar-refractivity contribution in [1.82, 2.24) is 10.2 Å². The van der Waals surface area contributed by atoms with Crippen LogP contribution in [0.1, 0.15) is 25.2 Å². The summed E-state index contributed by atoms with van der Waals surface area (Å²) in [5.74, 6) is -0.156. The smallest absolute Gasteiger partial charge is 0.338 e. The summed E-state index contributed by atoms with van der Waals surface area (Å²) < 4.78 is 10.4. The second-order valence-electron chi connectivity index (χ2n) is 6.20. The molecule has 150 valence electrons. The van der Waals surface area contributed by atoms with Gasteiger partial charge in [0, 0.05) is 25.5 Å². The minimum Gasteiger partial charge on any atom is -0.497 e. The van der Waals surface area contributed by atoms with E-state index in [9.17, 15) is 9.59 Å². The molecule has 1 amide bonds. The van der Waals surface area contributed by atoms with Crippen molar-refractivity contribution in [3.8, 4) is 5.75 Å². The van der Waals surface area contributed by atoms with Gasteiger partial charge in [-0.2, -0.15) is 0 Å². The molecule has 0 aliphatic rings. The Kier molecular flexibility index (Phi) is 6.40. The predicted molar refractivity (Wildman–Crippen MR) is 111 cm³/mol. The molecule has 3 rings (SSSR count). The van der Waals surface area contributed by atoms with Gasteiger partial charge < -0.3 is 19.7 Å². The molecule has 2 aromatic carbocycles. The van der Waals surface area contributed by atoms with Gasteiger partial charge in [-0.25, -0.2) is 4.79 Å². The second kappa shape index (κ2) is 9.16. The van der Waals surface area contributed by atoms with Crippen molar-refractivity contribution >= 4 is 34.6 Å². The zero-order valence-electron chi connectivity index (χ0n) is 16.2. The lowest BCUT2D eigenvalue weighted by Crippen LogP contribution is -2.11. The molecule has 29 heavy (non-hydrogen) atoms. The standard InChI is InChI=1S/C20H20N4O4S/c1-24(2)15-6-4-5-13(11-15)20(26)28-12-17-22-23-19(29-17)18(25)21-14-7-9-16(27-3)10-8-14/h4-11H,12H2,1-3H3,(H,21,25). The monoisotopic (exact) mass is 412 g/mol. The molecule has 0 saturated carbocycles. The Morgan fingerprint density at radius 3 is 2.55 bits per heavy atom. The van der Waals surface area contributed by atoms with Crippen LogP contribution < -0.4 is 15.0 Å². The third-order valence-corrected chi connectivity index (χ3v) is 4.83. The summed E-state index contributed by atoms with van der Waals surface area (Å²) in [5, 5.41) is 11.1. The van der Waals surface area contributed by atoms with Crippen LogP contribution in [0.2, 0.25) is 0 Å². The first-order chi connectivity index (χ1) is 14.0. The van der Waals surface area contributed by atoms with Gasteiger partial charge in [-0.1, -0.05) is 17.4 Å². The molecule has 0 saturated heterocycles. The summed E-state index contributed by atoms with van der Waals surface area (Å²) in [4.78, 5) is 26.4. The molecule has 3 aromatic rings. The number of amides is 1. The number of nitrogens with zero attached hydrogens (tertiary/aromatic N) is 3. The van der Waals surface area contributed by atoms with Crippen molar-refractivity contribution in [2.45, 2.75) is 6.61 Å². The molecule has 0 aliphatic carbocycles. The van der Waals surface area contributed by atoms with Crippen molar-refractivity contribution < 1.29 is 19.1 Å². The lowest BCUT2D eigenvalue weighted by molar-refractivity contribution is 0.0471. The minimum absolute atomic E-state index is 0.0570. The fourth-order valence-corrected chi connectivity index (χ4v) is 3.03. The maximum absolute atomic E-state index is 12.3. The quantitative estimate of drug-likeness (QED) is 0.596. The number of esters is 1. The number of rotatable bonds is 7. The van der Waals surface area contributed by atoms with E-state index in [0.717, 1.165) is 17.0 Å². The van der Waals surface area contributed by atoms with Crippen LogP contribution in [0.5, 0.6) is 5.75 Å². The third kappa shape index (κ3) is 5.29. The first-order valence-electron chi connectivity index (χ1n) is 8.68. The Labute approximate surface area is 172 Å². The molecule has 0 atom stereocenters.